The maximum absolute atomic E-state index is 4.07. The first-order chi connectivity index (χ1) is 5.42. The number of aromatic nitrogens is 2. The van der Waals surface area contributed by atoms with Crippen LogP contribution in [0.25, 0.3) is 5.52 Å². The van der Waals surface area contributed by atoms with Crippen LogP contribution in [0, 0.1) is 0 Å². The van der Waals surface area contributed by atoms with E-state index in [1.54, 1.807) is 6.20 Å². The Bertz CT molecular complexity index is 362. The van der Waals surface area contributed by atoms with Crippen LogP contribution in [-0.2, 0) is 6.42 Å². The number of hydrogen-bond donors (Lipinski definition) is 0. The molecule has 0 unspecified atom stereocenters. The molecule has 0 aliphatic heterocycles. The minimum Gasteiger partial charge on any atom is -0.321 e. The molecular formula is C9H10N2. The van der Waals surface area contributed by atoms with Gasteiger partial charge in [0.2, 0.25) is 0 Å². The van der Waals surface area contributed by atoms with Gasteiger partial charge in [-0.05, 0) is 18.1 Å². The Labute approximate surface area is 65.5 Å². The van der Waals surface area contributed by atoms with Gasteiger partial charge in [-0.25, -0.2) is 0 Å². The molecule has 0 spiro atoms. The molecule has 0 saturated carbocycles. The van der Waals surface area contributed by atoms with Crippen LogP contribution in [0.3, 0.4) is 0 Å². The standard InChI is InChI=1S/C9H10N2/c1-2-8-3-5-11-6-4-10-7-9(8)11/h3-7H,2H2,1H3. The van der Waals surface area contributed by atoms with Crippen LogP contribution in [0.1, 0.15) is 12.5 Å². The molecule has 0 atom stereocenters. The molecule has 56 valence electrons. The molecule has 0 fully saturated rings. The quantitative estimate of drug-likeness (QED) is 0.600. The van der Waals surface area contributed by atoms with E-state index in [0.717, 1.165) is 6.42 Å². The van der Waals surface area contributed by atoms with E-state index in [2.05, 4.69) is 28.6 Å². The molecule has 2 aromatic heterocycles. The molecule has 0 aliphatic rings. The second-order valence-corrected chi connectivity index (χ2v) is 2.56. The molecule has 0 amide bonds. The average molecular weight is 146 g/mol. The van der Waals surface area contributed by atoms with E-state index in [4.69, 9.17) is 0 Å². The third kappa shape index (κ3) is 0.909. The third-order valence-electron chi connectivity index (χ3n) is 1.93. The van der Waals surface area contributed by atoms with Crippen molar-refractivity contribution < 1.29 is 0 Å². The summed E-state index contributed by atoms with van der Waals surface area (Å²) in [7, 11) is 0. The molecule has 11 heavy (non-hydrogen) atoms. The Morgan fingerprint density at radius 1 is 1.45 bits per heavy atom. The normalized spacial score (nSPS) is 10.6. The average Bonchev–Trinajstić information content (AvgIpc) is 2.47. The van der Waals surface area contributed by atoms with Gasteiger partial charge in [0.25, 0.3) is 0 Å². The Balaban J connectivity index is 2.76. The highest BCUT2D eigenvalue weighted by Crippen LogP contribution is 2.10. The highest BCUT2D eigenvalue weighted by Gasteiger charge is 1.97. The highest BCUT2D eigenvalue weighted by molar-refractivity contribution is 5.53. The summed E-state index contributed by atoms with van der Waals surface area (Å²) in [4.78, 5) is 4.07. The van der Waals surface area contributed by atoms with Crippen LogP contribution in [0.15, 0.2) is 30.9 Å². The summed E-state index contributed by atoms with van der Waals surface area (Å²) in [6, 6.07) is 2.14. The SMILES string of the molecule is CCc1ccn2ccncc12. The summed E-state index contributed by atoms with van der Waals surface area (Å²) >= 11 is 0. The smallest absolute Gasteiger partial charge is 0.0666 e. The van der Waals surface area contributed by atoms with Gasteiger partial charge < -0.3 is 4.40 Å². The zero-order chi connectivity index (χ0) is 7.68. The van der Waals surface area contributed by atoms with Crippen LogP contribution in [0.4, 0.5) is 0 Å². The lowest BCUT2D eigenvalue weighted by molar-refractivity contribution is 1.11. The molecule has 0 N–H and O–H groups in total. The molecule has 2 heterocycles. The van der Waals surface area contributed by atoms with E-state index in [-0.39, 0.29) is 0 Å². The largest absolute Gasteiger partial charge is 0.321 e. The van der Waals surface area contributed by atoms with Crippen LogP contribution >= 0.6 is 0 Å². The Morgan fingerprint density at radius 3 is 3.18 bits per heavy atom. The van der Waals surface area contributed by atoms with Gasteiger partial charge in [-0.2, -0.15) is 0 Å². The van der Waals surface area contributed by atoms with Gasteiger partial charge in [0.15, 0.2) is 0 Å². The second kappa shape index (κ2) is 2.38. The van der Waals surface area contributed by atoms with Gasteiger partial charge in [0.1, 0.15) is 0 Å². The number of hydrogen-bond acceptors (Lipinski definition) is 1. The van der Waals surface area contributed by atoms with Gasteiger partial charge in [-0.1, -0.05) is 6.92 Å². The topological polar surface area (TPSA) is 17.3 Å². The minimum absolute atomic E-state index is 1.07. The predicted octanol–water partition coefficient (Wildman–Crippen LogP) is 1.90. The number of fused-ring (bicyclic) bond motifs is 1. The van der Waals surface area contributed by atoms with Gasteiger partial charge >= 0.3 is 0 Å². The van der Waals surface area contributed by atoms with E-state index in [0.29, 0.717) is 0 Å². The van der Waals surface area contributed by atoms with Crippen molar-refractivity contribution in [2.75, 3.05) is 0 Å². The van der Waals surface area contributed by atoms with Crippen molar-refractivity contribution in [3.05, 3.63) is 36.4 Å². The number of nitrogens with zero attached hydrogens (tertiary/aromatic N) is 2. The molecular weight excluding hydrogens is 136 g/mol. The lowest BCUT2D eigenvalue weighted by Crippen LogP contribution is -1.83. The third-order valence-corrected chi connectivity index (χ3v) is 1.93. The van der Waals surface area contributed by atoms with Gasteiger partial charge in [-0.3, -0.25) is 4.98 Å². The van der Waals surface area contributed by atoms with Crippen LogP contribution in [0.2, 0.25) is 0 Å². The minimum atomic E-state index is 1.07. The molecule has 0 aromatic carbocycles. The van der Waals surface area contributed by atoms with Crippen molar-refractivity contribution in [2.45, 2.75) is 13.3 Å². The van der Waals surface area contributed by atoms with Crippen LogP contribution in [0.5, 0.6) is 0 Å². The maximum atomic E-state index is 4.07. The van der Waals surface area contributed by atoms with Gasteiger partial charge in [0, 0.05) is 18.6 Å². The molecule has 2 heteroatoms. The van der Waals surface area contributed by atoms with E-state index < -0.39 is 0 Å². The molecule has 2 rings (SSSR count). The number of rotatable bonds is 1. The van der Waals surface area contributed by atoms with E-state index in [1.807, 2.05) is 12.4 Å². The van der Waals surface area contributed by atoms with E-state index >= 15 is 0 Å². The second-order valence-electron chi connectivity index (χ2n) is 2.56. The summed E-state index contributed by atoms with van der Waals surface area (Å²) < 4.78 is 2.09. The van der Waals surface area contributed by atoms with Gasteiger partial charge in [-0.15, -0.1) is 0 Å². The van der Waals surface area contributed by atoms with Crippen molar-refractivity contribution in [2.24, 2.45) is 0 Å². The first kappa shape index (κ1) is 6.40. The zero-order valence-electron chi connectivity index (χ0n) is 6.49. The maximum Gasteiger partial charge on any atom is 0.0666 e. The Morgan fingerprint density at radius 2 is 2.36 bits per heavy atom. The molecule has 0 aliphatic carbocycles. The van der Waals surface area contributed by atoms with Crippen molar-refractivity contribution in [3.63, 3.8) is 0 Å². The fourth-order valence-electron chi connectivity index (χ4n) is 1.30. The number of aryl methyl sites for hydroxylation is 1. The van der Waals surface area contributed by atoms with Crippen molar-refractivity contribution in [3.8, 4) is 0 Å². The molecule has 2 nitrogen and oxygen atoms in total. The van der Waals surface area contributed by atoms with E-state index in [9.17, 15) is 0 Å². The highest BCUT2D eigenvalue weighted by atomic mass is 14.9. The van der Waals surface area contributed by atoms with Crippen molar-refractivity contribution >= 4 is 5.52 Å². The summed E-state index contributed by atoms with van der Waals surface area (Å²) in [5.41, 5.74) is 2.58. The Kier molecular flexibility index (Phi) is 1.39. The summed E-state index contributed by atoms with van der Waals surface area (Å²) in [5.74, 6) is 0. The molecule has 0 radical (unpaired) electrons. The predicted molar refractivity (Wildman–Crippen MR) is 44.6 cm³/mol. The Hall–Kier alpha value is -1.31. The van der Waals surface area contributed by atoms with Gasteiger partial charge in [0.05, 0.1) is 11.7 Å². The van der Waals surface area contributed by atoms with Crippen LogP contribution in [-0.4, -0.2) is 9.38 Å². The zero-order valence-corrected chi connectivity index (χ0v) is 6.49. The molecule has 0 bridgehead atoms. The van der Waals surface area contributed by atoms with Crippen molar-refractivity contribution in [1.29, 1.82) is 0 Å². The van der Waals surface area contributed by atoms with Crippen LogP contribution < -0.4 is 0 Å². The first-order valence-corrected chi connectivity index (χ1v) is 3.81. The molecule has 0 saturated heterocycles. The van der Waals surface area contributed by atoms with E-state index in [1.165, 1.54) is 11.1 Å². The first-order valence-electron chi connectivity index (χ1n) is 3.81. The monoisotopic (exact) mass is 146 g/mol. The summed E-state index contributed by atoms with van der Waals surface area (Å²) in [5, 5.41) is 0. The van der Waals surface area contributed by atoms with Crippen molar-refractivity contribution in [1.82, 2.24) is 9.38 Å². The lowest BCUT2D eigenvalue weighted by atomic mass is 10.2. The fourth-order valence-corrected chi connectivity index (χ4v) is 1.30. The summed E-state index contributed by atoms with van der Waals surface area (Å²) in [6.45, 7) is 2.16. The lowest BCUT2D eigenvalue weighted by Gasteiger charge is -1.93. The fraction of sp³-hybridized carbons (Fsp3) is 0.222. The summed E-state index contributed by atoms with van der Waals surface area (Å²) in [6.07, 6.45) is 8.80. The molecule has 2 aromatic rings.